The fourth-order valence-corrected chi connectivity index (χ4v) is 6.46. The molecule has 0 aromatic heterocycles. The summed E-state index contributed by atoms with van der Waals surface area (Å²) in [5, 5.41) is 3.37. The van der Waals surface area contributed by atoms with Gasteiger partial charge in [-0.2, -0.15) is 4.31 Å². The zero-order chi connectivity index (χ0) is 20.2. The van der Waals surface area contributed by atoms with Gasteiger partial charge >= 0.3 is 0 Å². The summed E-state index contributed by atoms with van der Waals surface area (Å²) >= 11 is 0. The van der Waals surface area contributed by atoms with Gasteiger partial charge in [0.25, 0.3) is 0 Å². The largest absolute Gasteiger partial charge is 0.317 e. The number of hydrogen-bond donors (Lipinski definition) is 1. The predicted octanol–water partition coefficient (Wildman–Crippen LogP) is 4.70. The Morgan fingerprint density at radius 1 is 1.07 bits per heavy atom. The molecule has 1 N–H and O–H groups in total. The maximum absolute atomic E-state index is 13.6. The van der Waals surface area contributed by atoms with E-state index < -0.39 is 10.0 Å². The molecule has 3 rings (SSSR count). The Labute approximate surface area is 172 Å². The Balaban J connectivity index is 1.80. The summed E-state index contributed by atoms with van der Waals surface area (Å²) in [7, 11) is -3.47. The Hall–Kier alpha value is -0.910. The maximum atomic E-state index is 13.6. The van der Waals surface area contributed by atoms with Crippen molar-refractivity contribution < 1.29 is 8.42 Å². The van der Waals surface area contributed by atoms with E-state index >= 15 is 0 Å². The number of hydrogen-bond acceptors (Lipinski definition) is 3. The summed E-state index contributed by atoms with van der Waals surface area (Å²) in [6, 6.07) is 7.71. The lowest BCUT2D eigenvalue weighted by atomic mass is 9.87. The van der Waals surface area contributed by atoms with Crippen molar-refractivity contribution in [1.82, 2.24) is 9.62 Å². The van der Waals surface area contributed by atoms with Crippen LogP contribution in [0, 0.1) is 5.92 Å². The second-order valence-electron chi connectivity index (χ2n) is 9.67. The van der Waals surface area contributed by atoms with Gasteiger partial charge in [0, 0.05) is 12.6 Å². The molecule has 1 aromatic carbocycles. The summed E-state index contributed by atoms with van der Waals surface area (Å²) in [6.45, 7) is 8.85. The van der Waals surface area contributed by atoms with Crippen LogP contribution >= 0.6 is 0 Å². The Morgan fingerprint density at radius 2 is 1.75 bits per heavy atom. The number of sulfonamides is 1. The Bertz CT molecular complexity index is 727. The molecule has 0 spiro atoms. The molecule has 1 aliphatic heterocycles. The number of nitrogens with zero attached hydrogens (tertiary/aromatic N) is 1. The molecule has 158 valence electrons. The fourth-order valence-electron chi connectivity index (χ4n) is 4.69. The molecule has 0 bridgehead atoms. The van der Waals surface area contributed by atoms with Crippen LogP contribution < -0.4 is 5.32 Å². The molecule has 28 heavy (non-hydrogen) atoms. The summed E-state index contributed by atoms with van der Waals surface area (Å²) in [5.41, 5.74) is 1.01. The van der Waals surface area contributed by atoms with Gasteiger partial charge in [0.2, 0.25) is 10.0 Å². The molecule has 1 aromatic rings. The minimum absolute atomic E-state index is 0.0619. The van der Waals surface area contributed by atoms with Crippen molar-refractivity contribution >= 4 is 10.0 Å². The highest BCUT2D eigenvalue weighted by molar-refractivity contribution is 7.89. The lowest BCUT2D eigenvalue weighted by Gasteiger charge is -2.34. The third-order valence-corrected chi connectivity index (χ3v) is 8.44. The van der Waals surface area contributed by atoms with Crippen molar-refractivity contribution in [3.8, 4) is 0 Å². The fraction of sp³-hybridized carbons (Fsp3) is 0.739. The highest BCUT2D eigenvalue weighted by Crippen LogP contribution is 2.31. The lowest BCUT2D eigenvalue weighted by molar-refractivity contribution is 0.254. The van der Waals surface area contributed by atoms with Crippen LogP contribution in [0.3, 0.4) is 0 Å². The van der Waals surface area contributed by atoms with Gasteiger partial charge in [0.15, 0.2) is 0 Å². The molecule has 1 saturated heterocycles. The first-order valence-electron chi connectivity index (χ1n) is 11.1. The van der Waals surface area contributed by atoms with Crippen molar-refractivity contribution in [2.24, 2.45) is 5.92 Å². The standard InChI is InChI=1S/C23H38N2O2S/c1-23(2,3)20-11-6-12-22(18-20)28(26,27)25(21-13-15-24-16-14-21)17-7-10-19-8-4-5-9-19/h6,11-12,18-19,21,24H,4-5,7-10,13-17H2,1-3H3. The van der Waals surface area contributed by atoms with E-state index in [2.05, 4.69) is 26.1 Å². The van der Waals surface area contributed by atoms with Gasteiger partial charge in [-0.3, -0.25) is 0 Å². The van der Waals surface area contributed by atoms with E-state index in [1.165, 1.54) is 32.1 Å². The molecule has 5 heteroatoms. The summed E-state index contributed by atoms with van der Waals surface area (Å²) in [6.07, 6.45) is 9.30. The molecule has 0 unspecified atom stereocenters. The van der Waals surface area contributed by atoms with Gasteiger partial charge < -0.3 is 5.32 Å². The number of rotatable bonds is 7. The van der Waals surface area contributed by atoms with Crippen molar-refractivity contribution in [1.29, 1.82) is 0 Å². The first-order chi connectivity index (χ1) is 13.3. The quantitative estimate of drug-likeness (QED) is 0.714. The Kier molecular flexibility index (Phi) is 7.21. The van der Waals surface area contributed by atoms with E-state index in [1.54, 1.807) is 6.07 Å². The van der Waals surface area contributed by atoms with Crippen molar-refractivity contribution in [3.63, 3.8) is 0 Å². The number of nitrogens with one attached hydrogen (secondary N) is 1. The minimum Gasteiger partial charge on any atom is -0.317 e. The smallest absolute Gasteiger partial charge is 0.243 e. The average molecular weight is 407 g/mol. The van der Waals surface area contributed by atoms with E-state index in [1.807, 2.05) is 22.5 Å². The van der Waals surface area contributed by atoms with E-state index in [0.717, 1.165) is 43.8 Å². The zero-order valence-corrected chi connectivity index (χ0v) is 18.7. The molecule has 4 nitrogen and oxygen atoms in total. The molecule has 2 aliphatic rings. The topological polar surface area (TPSA) is 49.4 Å². The van der Waals surface area contributed by atoms with Crippen molar-refractivity contribution in [2.45, 2.75) is 88.5 Å². The van der Waals surface area contributed by atoms with Gasteiger partial charge in [-0.1, -0.05) is 58.6 Å². The van der Waals surface area contributed by atoms with E-state index in [-0.39, 0.29) is 11.5 Å². The van der Waals surface area contributed by atoms with Crippen molar-refractivity contribution in [3.05, 3.63) is 29.8 Å². The van der Waals surface area contributed by atoms with Crippen LogP contribution in [0.25, 0.3) is 0 Å². The minimum atomic E-state index is -3.47. The van der Waals surface area contributed by atoms with Crippen LogP contribution in [0.15, 0.2) is 29.2 Å². The molecule has 1 heterocycles. The number of benzene rings is 1. The zero-order valence-electron chi connectivity index (χ0n) is 17.9. The first kappa shape index (κ1) is 21.8. The van der Waals surface area contributed by atoms with Crippen LogP contribution in [-0.4, -0.2) is 38.4 Å². The predicted molar refractivity (Wildman–Crippen MR) is 116 cm³/mol. The SMILES string of the molecule is CC(C)(C)c1cccc(S(=O)(=O)N(CCCC2CCCC2)C2CCNCC2)c1. The van der Waals surface area contributed by atoms with Gasteiger partial charge in [-0.05, 0) is 67.8 Å². The Morgan fingerprint density at radius 3 is 2.39 bits per heavy atom. The molecule has 0 atom stereocenters. The van der Waals surface area contributed by atoms with Crippen LogP contribution in [-0.2, 0) is 15.4 Å². The highest BCUT2D eigenvalue weighted by Gasteiger charge is 2.33. The normalized spacial score (nSPS) is 20.1. The van der Waals surface area contributed by atoms with Gasteiger partial charge in [-0.25, -0.2) is 8.42 Å². The monoisotopic (exact) mass is 406 g/mol. The molecular weight excluding hydrogens is 368 g/mol. The van der Waals surface area contributed by atoms with Crippen LogP contribution in [0.5, 0.6) is 0 Å². The van der Waals surface area contributed by atoms with E-state index in [9.17, 15) is 8.42 Å². The molecular formula is C23H38N2O2S. The van der Waals surface area contributed by atoms with Gasteiger partial charge in [0.05, 0.1) is 4.90 Å². The summed E-state index contributed by atoms with van der Waals surface area (Å²) < 4.78 is 29.1. The van der Waals surface area contributed by atoms with E-state index in [4.69, 9.17) is 0 Å². The second-order valence-corrected chi connectivity index (χ2v) is 11.6. The maximum Gasteiger partial charge on any atom is 0.243 e. The molecule has 0 radical (unpaired) electrons. The molecule has 0 amide bonds. The second kappa shape index (κ2) is 9.27. The lowest BCUT2D eigenvalue weighted by Crippen LogP contribution is -2.46. The van der Waals surface area contributed by atoms with Gasteiger partial charge in [-0.15, -0.1) is 0 Å². The summed E-state index contributed by atoms with van der Waals surface area (Å²) in [5.74, 6) is 0.807. The van der Waals surface area contributed by atoms with Crippen LogP contribution in [0.2, 0.25) is 0 Å². The third kappa shape index (κ3) is 5.37. The molecule has 2 fully saturated rings. The third-order valence-electron chi connectivity index (χ3n) is 6.49. The molecule has 1 aliphatic carbocycles. The molecule has 1 saturated carbocycles. The average Bonchev–Trinajstić information content (AvgIpc) is 3.19. The first-order valence-corrected chi connectivity index (χ1v) is 12.6. The van der Waals surface area contributed by atoms with Crippen LogP contribution in [0.1, 0.15) is 77.7 Å². The van der Waals surface area contributed by atoms with Crippen LogP contribution in [0.4, 0.5) is 0 Å². The highest BCUT2D eigenvalue weighted by atomic mass is 32.2. The number of piperidine rings is 1. The van der Waals surface area contributed by atoms with Crippen molar-refractivity contribution in [2.75, 3.05) is 19.6 Å². The van der Waals surface area contributed by atoms with E-state index in [0.29, 0.717) is 11.4 Å². The van der Waals surface area contributed by atoms with Gasteiger partial charge in [0.1, 0.15) is 0 Å². The summed E-state index contributed by atoms with van der Waals surface area (Å²) in [4.78, 5) is 0.458.